The van der Waals surface area contributed by atoms with Gasteiger partial charge in [0.1, 0.15) is 5.60 Å². The highest BCUT2D eigenvalue weighted by atomic mass is 16.6. The normalized spacial score (nSPS) is 11.0. The molecular formula is C24H33N3O3. The van der Waals surface area contributed by atoms with Gasteiger partial charge in [0.2, 0.25) is 0 Å². The molecule has 0 aliphatic rings. The first-order chi connectivity index (χ1) is 14.1. The number of hydrogen-bond acceptors (Lipinski definition) is 4. The summed E-state index contributed by atoms with van der Waals surface area (Å²) in [7, 11) is 2.01. The first-order valence-electron chi connectivity index (χ1n) is 10.3. The maximum atomic E-state index is 12.8. The summed E-state index contributed by atoms with van der Waals surface area (Å²) in [6, 6.07) is 15.0. The van der Waals surface area contributed by atoms with E-state index in [4.69, 9.17) is 4.74 Å². The fourth-order valence-corrected chi connectivity index (χ4v) is 2.86. The van der Waals surface area contributed by atoms with Crippen molar-refractivity contribution in [2.45, 2.75) is 46.8 Å². The van der Waals surface area contributed by atoms with Crippen LogP contribution in [0.4, 0.5) is 16.2 Å². The first kappa shape index (κ1) is 23.3. The Morgan fingerprint density at radius 1 is 0.967 bits per heavy atom. The second-order valence-corrected chi connectivity index (χ2v) is 8.17. The van der Waals surface area contributed by atoms with Crippen LogP contribution in [-0.2, 0) is 11.3 Å². The number of benzene rings is 2. The number of carbonyl (C=O) groups is 2. The Balaban J connectivity index is 2.14. The predicted molar refractivity (Wildman–Crippen MR) is 122 cm³/mol. The zero-order valence-corrected chi connectivity index (χ0v) is 18.9. The highest BCUT2D eigenvalue weighted by Crippen LogP contribution is 2.21. The SMILES string of the molecule is CCN(Cc1ccccc1NC(=O)c1ccc(N(C)CC)cc1)C(=O)OC(C)(C)C. The molecule has 6 nitrogen and oxygen atoms in total. The second kappa shape index (κ2) is 10.1. The van der Waals surface area contributed by atoms with Gasteiger partial charge in [0.15, 0.2) is 0 Å². The molecule has 6 heteroatoms. The van der Waals surface area contributed by atoms with E-state index in [0.29, 0.717) is 24.3 Å². The van der Waals surface area contributed by atoms with Crippen molar-refractivity contribution in [2.24, 2.45) is 0 Å². The Morgan fingerprint density at radius 3 is 2.17 bits per heavy atom. The third-order valence-corrected chi connectivity index (χ3v) is 4.70. The quantitative estimate of drug-likeness (QED) is 0.684. The van der Waals surface area contributed by atoms with Gasteiger partial charge in [-0.3, -0.25) is 4.79 Å². The summed E-state index contributed by atoms with van der Waals surface area (Å²) in [4.78, 5) is 29.0. The molecule has 0 spiro atoms. The van der Waals surface area contributed by atoms with Gasteiger partial charge in [-0.15, -0.1) is 0 Å². The Kier molecular flexibility index (Phi) is 7.86. The lowest BCUT2D eigenvalue weighted by atomic mass is 10.1. The van der Waals surface area contributed by atoms with Crippen LogP contribution in [0.25, 0.3) is 0 Å². The second-order valence-electron chi connectivity index (χ2n) is 8.17. The van der Waals surface area contributed by atoms with E-state index >= 15 is 0 Å². The van der Waals surface area contributed by atoms with Crippen LogP contribution in [0.1, 0.15) is 50.5 Å². The van der Waals surface area contributed by atoms with Crippen LogP contribution in [0.2, 0.25) is 0 Å². The molecule has 0 aliphatic carbocycles. The average Bonchev–Trinajstić information content (AvgIpc) is 2.71. The minimum absolute atomic E-state index is 0.187. The highest BCUT2D eigenvalue weighted by molar-refractivity contribution is 6.04. The van der Waals surface area contributed by atoms with Gasteiger partial charge in [-0.25, -0.2) is 4.79 Å². The van der Waals surface area contributed by atoms with Gasteiger partial charge in [-0.2, -0.15) is 0 Å². The number of anilines is 2. The van der Waals surface area contributed by atoms with E-state index in [1.807, 2.05) is 83.3 Å². The van der Waals surface area contributed by atoms with Gasteiger partial charge >= 0.3 is 6.09 Å². The van der Waals surface area contributed by atoms with Crippen molar-refractivity contribution in [2.75, 3.05) is 30.4 Å². The lowest BCUT2D eigenvalue weighted by Crippen LogP contribution is -2.36. The number of nitrogens with one attached hydrogen (secondary N) is 1. The van der Waals surface area contributed by atoms with Crippen molar-refractivity contribution in [3.63, 3.8) is 0 Å². The summed E-state index contributed by atoms with van der Waals surface area (Å²) < 4.78 is 5.49. The fourth-order valence-electron chi connectivity index (χ4n) is 2.86. The van der Waals surface area contributed by atoms with E-state index in [0.717, 1.165) is 17.8 Å². The summed E-state index contributed by atoms with van der Waals surface area (Å²) in [5, 5.41) is 2.97. The molecule has 2 aromatic rings. The molecule has 0 fully saturated rings. The lowest BCUT2D eigenvalue weighted by molar-refractivity contribution is 0.0245. The van der Waals surface area contributed by atoms with Gasteiger partial charge in [0.05, 0.1) is 6.54 Å². The van der Waals surface area contributed by atoms with E-state index in [9.17, 15) is 9.59 Å². The molecular weight excluding hydrogens is 378 g/mol. The molecule has 2 rings (SSSR count). The molecule has 0 aliphatic heterocycles. The van der Waals surface area contributed by atoms with Gasteiger partial charge < -0.3 is 19.9 Å². The molecule has 0 unspecified atom stereocenters. The zero-order chi connectivity index (χ0) is 22.3. The van der Waals surface area contributed by atoms with E-state index < -0.39 is 5.60 Å². The van der Waals surface area contributed by atoms with Crippen LogP contribution in [0.15, 0.2) is 48.5 Å². The van der Waals surface area contributed by atoms with E-state index in [1.54, 1.807) is 4.90 Å². The monoisotopic (exact) mass is 411 g/mol. The Labute approximate surface area is 179 Å². The van der Waals surface area contributed by atoms with Crippen LogP contribution in [0.3, 0.4) is 0 Å². The number of amides is 2. The number of carbonyl (C=O) groups excluding carboxylic acids is 2. The van der Waals surface area contributed by atoms with E-state index in [-0.39, 0.29) is 12.0 Å². The maximum Gasteiger partial charge on any atom is 0.410 e. The minimum Gasteiger partial charge on any atom is -0.444 e. The molecule has 0 bridgehead atoms. The number of ether oxygens (including phenoxy) is 1. The molecule has 0 saturated heterocycles. The van der Waals surface area contributed by atoms with Gasteiger partial charge in [0.25, 0.3) is 5.91 Å². The van der Waals surface area contributed by atoms with Crippen molar-refractivity contribution in [3.05, 3.63) is 59.7 Å². The maximum absolute atomic E-state index is 12.8. The summed E-state index contributed by atoms with van der Waals surface area (Å²) >= 11 is 0. The molecule has 162 valence electrons. The summed E-state index contributed by atoms with van der Waals surface area (Å²) in [5.74, 6) is -0.187. The molecule has 0 aromatic heterocycles. The van der Waals surface area contributed by atoms with Gasteiger partial charge in [0, 0.05) is 37.1 Å². The Hall–Kier alpha value is -3.02. The average molecular weight is 412 g/mol. The number of hydrogen-bond donors (Lipinski definition) is 1. The Bertz CT molecular complexity index is 857. The molecule has 0 heterocycles. The van der Waals surface area contributed by atoms with Crippen molar-refractivity contribution in [3.8, 4) is 0 Å². The largest absolute Gasteiger partial charge is 0.444 e. The standard InChI is InChI=1S/C24H33N3O3/c1-7-26(6)20-15-13-18(14-16-20)22(28)25-21-12-10-9-11-19(21)17-27(8-2)23(29)30-24(3,4)5/h9-16H,7-8,17H2,1-6H3,(H,25,28). The first-order valence-corrected chi connectivity index (χ1v) is 10.3. The summed E-state index contributed by atoms with van der Waals surface area (Å²) in [6.45, 7) is 11.3. The lowest BCUT2D eigenvalue weighted by Gasteiger charge is -2.27. The Morgan fingerprint density at radius 2 is 1.60 bits per heavy atom. The number of para-hydroxylation sites is 1. The fraction of sp³-hybridized carbons (Fsp3) is 0.417. The van der Waals surface area contributed by atoms with Crippen LogP contribution in [0.5, 0.6) is 0 Å². The van der Waals surface area contributed by atoms with Crippen LogP contribution < -0.4 is 10.2 Å². The molecule has 0 radical (unpaired) electrons. The topological polar surface area (TPSA) is 61.9 Å². The van der Waals surface area contributed by atoms with Crippen molar-refractivity contribution >= 4 is 23.4 Å². The molecule has 2 aromatic carbocycles. The molecule has 0 saturated carbocycles. The van der Waals surface area contributed by atoms with Crippen molar-refractivity contribution < 1.29 is 14.3 Å². The molecule has 2 amide bonds. The smallest absolute Gasteiger partial charge is 0.410 e. The number of nitrogens with zero attached hydrogens (tertiary/aromatic N) is 2. The van der Waals surface area contributed by atoms with Gasteiger partial charge in [-0.1, -0.05) is 18.2 Å². The van der Waals surface area contributed by atoms with Crippen LogP contribution in [0, 0.1) is 0 Å². The summed E-state index contributed by atoms with van der Waals surface area (Å²) in [5.41, 5.74) is 2.61. The van der Waals surface area contributed by atoms with E-state index in [1.165, 1.54) is 0 Å². The van der Waals surface area contributed by atoms with Gasteiger partial charge in [-0.05, 0) is 70.5 Å². The third kappa shape index (κ3) is 6.51. The molecule has 0 atom stereocenters. The predicted octanol–water partition coefficient (Wildman–Crippen LogP) is 5.15. The molecule has 1 N–H and O–H groups in total. The number of rotatable bonds is 7. The highest BCUT2D eigenvalue weighted by Gasteiger charge is 2.22. The van der Waals surface area contributed by atoms with Crippen molar-refractivity contribution in [1.29, 1.82) is 0 Å². The minimum atomic E-state index is -0.559. The van der Waals surface area contributed by atoms with E-state index in [2.05, 4.69) is 17.1 Å². The molecule has 30 heavy (non-hydrogen) atoms. The third-order valence-electron chi connectivity index (χ3n) is 4.70. The van der Waals surface area contributed by atoms with Crippen molar-refractivity contribution in [1.82, 2.24) is 4.90 Å². The summed E-state index contributed by atoms with van der Waals surface area (Å²) in [6.07, 6.45) is -0.373. The van der Waals surface area contributed by atoms with Crippen LogP contribution in [-0.4, -0.2) is 42.6 Å². The van der Waals surface area contributed by atoms with Crippen LogP contribution >= 0.6 is 0 Å². The zero-order valence-electron chi connectivity index (χ0n) is 18.9.